The lowest BCUT2D eigenvalue weighted by molar-refractivity contribution is 0.0516. The summed E-state index contributed by atoms with van der Waals surface area (Å²) in [6, 6.07) is 14.4. The van der Waals surface area contributed by atoms with Crippen LogP contribution in [0, 0.1) is 5.92 Å². The van der Waals surface area contributed by atoms with Crippen LogP contribution in [0.3, 0.4) is 0 Å². The van der Waals surface area contributed by atoms with Crippen molar-refractivity contribution in [3.05, 3.63) is 59.7 Å². The van der Waals surface area contributed by atoms with Crippen LogP contribution in [0.25, 0.3) is 0 Å². The van der Waals surface area contributed by atoms with Crippen molar-refractivity contribution in [1.82, 2.24) is 10.2 Å². The molecule has 0 saturated carbocycles. The molecule has 1 aliphatic heterocycles. The number of likely N-dealkylation sites (N-methyl/N-ethyl adjacent to an activating group) is 1. The molecule has 2 amide bonds. The fourth-order valence-electron chi connectivity index (χ4n) is 3.54. The van der Waals surface area contributed by atoms with E-state index in [1.807, 2.05) is 44.0 Å². The minimum absolute atomic E-state index is 0.0636. The van der Waals surface area contributed by atoms with E-state index >= 15 is 0 Å². The summed E-state index contributed by atoms with van der Waals surface area (Å²) in [5.41, 5.74) is 1.52. The van der Waals surface area contributed by atoms with Gasteiger partial charge in [-0.1, -0.05) is 31.2 Å². The van der Waals surface area contributed by atoms with Gasteiger partial charge in [-0.15, -0.1) is 0 Å². The molecule has 1 aliphatic rings. The molecule has 154 valence electrons. The lowest BCUT2D eigenvalue weighted by atomic mass is 9.99. The Labute approximate surface area is 172 Å². The van der Waals surface area contributed by atoms with Crippen molar-refractivity contribution in [2.24, 2.45) is 5.92 Å². The molecule has 29 heavy (non-hydrogen) atoms. The number of para-hydroxylation sites is 1. The molecule has 0 aromatic heterocycles. The van der Waals surface area contributed by atoms with Crippen LogP contribution in [-0.2, 0) is 0 Å². The second kappa shape index (κ2) is 9.09. The number of nitrogens with zero attached hydrogens (tertiary/aromatic N) is 1. The number of anilines is 1. The Balaban J connectivity index is 2.02. The number of hydrogen-bond acceptors (Lipinski definition) is 4. The van der Waals surface area contributed by atoms with E-state index in [0.29, 0.717) is 35.7 Å². The summed E-state index contributed by atoms with van der Waals surface area (Å²) < 4.78 is 6.33. The van der Waals surface area contributed by atoms with Gasteiger partial charge in [0.15, 0.2) is 5.75 Å². The number of nitrogens with one attached hydrogen (secondary N) is 2. The standard InChI is InChI=1S/C23H29N3O3/c1-15(2)26-14-16(3)20(13-24-4)29-21-18(23(26)28)11-8-12-19(21)25-22(27)17-9-6-5-7-10-17/h5-12,15-16,20,24H,13-14H2,1-4H3,(H,25,27)/t16-,20+/m0/s1. The highest BCUT2D eigenvalue weighted by molar-refractivity contribution is 6.07. The van der Waals surface area contributed by atoms with Gasteiger partial charge in [-0.3, -0.25) is 9.59 Å². The minimum atomic E-state index is -0.240. The number of hydrogen-bond donors (Lipinski definition) is 2. The molecule has 1 heterocycles. The molecule has 0 fully saturated rings. The topological polar surface area (TPSA) is 70.7 Å². The quantitative estimate of drug-likeness (QED) is 0.814. The summed E-state index contributed by atoms with van der Waals surface area (Å²) in [6.45, 7) is 7.37. The Morgan fingerprint density at radius 3 is 2.55 bits per heavy atom. The van der Waals surface area contributed by atoms with Gasteiger partial charge in [-0.2, -0.15) is 0 Å². The van der Waals surface area contributed by atoms with E-state index in [-0.39, 0.29) is 29.9 Å². The van der Waals surface area contributed by atoms with Gasteiger partial charge in [-0.25, -0.2) is 0 Å². The van der Waals surface area contributed by atoms with Gasteiger partial charge in [0.25, 0.3) is 11.8 Å². The van der Waals surface area contributed by atoms with E-state index in [0.717, 1.165) is 0 Å². The third-order valence-corrected chi connectivity index (χ3v) is 5.21. The predicted octanol–water partition coefficient (Wildman–Crippen LogP) is 3.41. The van der Waals surface area contributed by atoms with Crippen LogP contribution in [0.15, 0.2) is 48.5 Å². The predicted molar refractivity (Wildman–Crippen MR) is 115 cm³/mol. The normalized spacial score (nSPS) is 19.2. The fraction of sp³-hybridized carbons (Fsp3) is 0.391. The van der Waals surface area contributed by atoms with Gasteiger partial charge in [-0.05, 0) is 45.2 Å². The molecular formula is C23H29N3O3. The molecule has 6 heteroatoms. The third kappa shape index (κ3) is 4.59. The molecule has 0 spiro atoms. The first-order chi connectivity index (χ1) is 13.9. The summed E-state index contributed by atoms with van der Waals surface area (Å²) in [5, 5.41) is 6.09. The van der Waals surface area contributed by atoms with E-state index in [1.165, 1.54) is 0 Å². The molecule has 0 bridgehead atoms. The van der Waals surface area contributed by atoms with Crippen LogP contribution >= 0.6 is 0 Å². The highest BCUT2D eigenvalue weighted by atomic mass is 16.5. The maximum absolute atomic E-state index is 13.3. The highest BCUT2D eigenvalue weighted by Gasteiger charge is 2.33. The molecule has 0 radical (unpaired) electrons. The Hall–Kier alpha value is -2.86. The summed E-state index contributed by atoms with van der Waals surface area (Å²) >= 11 is 0. The van der Waals surface area contributed by atoms with Crippen molar-refractivity contribution in [2.45, 2.75) is 32.9 Å². The first kappa shape index (κ1) is 20.9. The number of benzene rings is 2. The van der Waals surface area contributed by atoms with E-state index in [9.17, 15) is 9.59 Å². The number of amides is 2. The molecule has 2 aromatic carbocycles. The number of ether oxygens (including phenoxy) is 1. The average Bonchev–Trinajstić information content (AvgIpc) is 2.71. The summed E-state index contributed by atoms with van der Waals surface area (Å²) in [6.07, 6.45) is -0.136. The largest absolute Gasteiger partial charge is 0.486 e. The molecule has 2 N–H and O–H groups in total. The van der Waals surface area contributed by atoms with Gasteiger partial charge >= 0.3 is 0 Å². The van der Waals surface area contributed by atoms with E-state index in [1.54, 1.807) is 30.3 Å². The van der Waals surface area contributed by atoms with Crippen molar-refractivity contribution >= 4 is 17.5 Å². The van der Waals surface area contributed by atoms with Gasteiger partial charge in [0.2, 0.25) is 0 Å². The lowest BCUT2D eigenvalue weighted by Crippen LogP contribution is -2.47. The molecule has 2 atom stereocenters. The molecule has 0 aliphatic carbocycles. The second-order valence-corrected chi connectivity index (χ2v) is 7.74. The minimum Gasteiger partial charge on any atom is -0.486 e. The Bertz CT molecular complexity index is 867. The summed E-state index contributed by atoms with van der Waals surface area (Å²) in [4.78, 5) is 27.8. The first-order valence-electron chi connectivity index (χ1n) is 10.0. The van der Waals surface area contributed by atoms with Gasteiger partial charge in [0, 0.05) is 30.6 Å². The Morgan fingerprint density at radius 2 is 1.90 bits per heavy atom. The van der Waals surface area contributed by atoms with E-state index in [2.05, 4.69) is 17.6 Å². The van der Waals surface area contributed by atoms with E-state index < -0.39 is 0 Å². The monoisotopic (exact) mass is 395 g/mol. The number of carbonyl (C=O) groups is 2. The lowest BCUT2D eigenvalue weighted by Gasteiger charge is -2.37. The Kier molecular flexibility index (Phi) is 6.54. The molecule has 0 saturated heterocycles. The molecule has 6 nitrogen and oxygen atoms in total. The van der Waals surface area contributed by atoms with Crippen LogP contribution in [0.4, 0.5) is 5.69 Å². The van der Waals surface area contributed by atoms with Crippen molar-refractivity contribution in [1.29, 1.82) is 0 Å². The zero-order chi connectivity index (χ0) is 21.0. The van der Waals surface area contributed by atoms with Crippen LogP contribution in [0.1, 0.15) is 41.5 Å². The maximum atomic E-state index is 13.3. The van der Waals surface area contributed by atoms with Crippen molar-refractivity contribution in [2.75, 3.05) is 25.5 Å². The third-order valence-electron chi connectivity index (χ3n) is 5.21. The first-order valence-corrected chi connectivity index (χ1v) is 10.0. The highest BCUT2D eigenvalue weighted by Crippen LogP contribution is 2.34. The smallest absolute Gasteiger partial charge is 0.257 e. The summed E-state index contributed by atoms with van der Waals surface area (Å²) in [7, 11) is 1.88. The summed E-state index contributed by atoms with van der Waals surface area (Å²) in [5.74, 6) is 0.232. The fourth-order valence-corrected chi connectivity index (χ4v) is 3.54. The number of fused-ring (bicyclic) bond motifs is 1. The molecule has 3 rings (SSSR count). The zero-order valence-corrected chi connectivity index (χ0v) is 17.4. The van der Waals surface area contributed by atoms with Crippen molar-refractivity contribution < 1.29 is 14.3 Å². The maximum Gasteiger partial charge on any atom is 0.257 e. The SMILES string of the molecule is CNC[C@H]1Oc2c(NC(=O)c3ccccc3)cccc2C(=O)N(C(C)C)C[C@@H]1C. The van der Waals surface area contributed by atoms with Gasteiger partial charge < -0.3 is 20.3 Å². The number of rotatable bonds is 5. The van der Waals surface area contributed by atoms with Crippen LogP contribution < -0.4 is 15.4 Å². The van der Waals surface area contributed by atoms with Crippen LogP contribution in [0.5, 0.6) is 5.75 Å². The molecular weight excluding hydrogens is 366 g/mol. The molecule has 2 aromatic rings. The van der Waals surface area contributed by atoms with Crippen molar-refractivity contribution in [3.8, 4) is 5.75 Å². The molecule has 0 unspecified atom stereocenters. The zero-order valence-electron chi connectivity index (χ0n) is 17.4. The van der Waals surface area contributed by atoms with E-state index in [4.69, 9.17) is 4.74 Å². The number of carbonyl (C=O) groups excluding carboxylic acids is 2. The Morgan fingerprint density at radius 1 is 1.17 bits per heavy atom. The average molecular weight is 396 g/mol. The van der Waals surface area contributed by atoms with Crippen LogP contribution in [0.2, 0.25) is 0 Å². The second-order valence-electron chi connectivity index (χ2n) is 7.74. The van der Waals surface area contributed by atoms with Crippen molar-refractivity contribution in [3.63, 3.8) is 0 Å². The van der Waals surface area contributed by atoms with Gasteiger partial charge in [0.05, 0.1) is 11.3 Å². The van der Waals surface area contributed by atoms with Crippen LogP contribution in [-0.4, -0.2) is 49.0 Å². The van der Waals surface area contributed by atoms with Gasteiger partial charge in [0.1, 0.15) is 6.10 Å².